The van der Waals surface area contributed by atoms with Crippen molar-refractivity contribution >= 4 is 50.5 Å². The summed E-state index contributed by atoms with van der Waals surface area (Å²) in [4.78, 5) is 70.3. The molecule has 0 aromatic carbocycles. The van der Waals surface area contributed by atoms with E-state index in [0.717, 1.165) is 17.2 Å². The molecule has 2 aromatic heterocycles. The molecule has 4 aliphatic rings. The van der Waals surface area contributed by atoms with Crippen LogP contribution in [0.15, 0.2) is 36.7 Å². The molecule has 3 fully saturated rings. The van der Waals surface area contributed by atoms with E-state index in [0.29, 0.717) is 0 Å². The Morgan fingerprint density at radius 1 is 1.02 bits per heavy atom. The van der Waals surface area contributed by atoms with E-state index in [4.69, 9.17) is 39.5 Å². The Morgan fingerprint density at radius 3 is 2.42 bits per heavy atom. The Morgan fingerprint density at radius 2 is 1.71 bits per heavy atom. The fourth-order valence-corrected chi connectivity index (χ4v) is 7.71. The summed E-state index contributed by atoms with van der Waals surface area (Å²) < 4.78 is 61.9. The third kappa shape index (κ3) is 7.06. The second-order valence-electron chi connectivity index (χ2n) is 11.6. The minimum atomic E-state index is -5.83. The highest BCUT2D eigenvalue weighted by atomic mass is 31.3. The summed E-state index contributed by atoms with van der Waals surface area (Å²) in [5, 5.41) is 43.7. The number of imidazole rings is 1. The number of carbonyl (C=O) groups is 3. The lowest BCUT2D eigenvalue weighted by Crippen LogP contribution is -2.64. The van der Waals surface area contributed by atoms with Crippen LogP contribution in [0.2, 0.25) is 0 Å². The van der Waals surface area contributed by atoms with Crippen molar-refractivity contribution in [1.29, 1.82) is 0 Å². The smallest absolute Gasteiger partial charge is 0.423 e. The van der Waals surface area contributed by atoms with Crippen LogP contribution < -0.4 is 11.5 Å². The third-order valence-corrected chi connectivity index (χ3v) is 10.7. The predicted octanol–water partition coefficient (Wildman–Crippen LogP) is -3.15. The molecular formula is C25H31N7O18P2. The normalized spacial score (nSPS) is 34.4. The summed E-state index contributed by atoms with van der Waals surface area (Å²) in [5.41, 5.74) is 11.1. The summed E-state index contributed by atoms with van der Waals surface area (Å²) in [5.74, 6) is -9.86. The minimum Gasteiger partial charge on any atom is -0.423 e. The van der Waals surface area contributed by atoms with E-state index in [1.165, 1.54) is 23.4 Å². The molecule has 25 nitrogen and oxygen atoms in total. The van der Waals surface area contributed by atoms with Crippen molar-refractivity contribution in [3.05, 3.63) is 36.7 Å². The molecular weight excluding hydrogens is 748 g/mol. The molecule has 52 heavy (non-hydrogen) atoms. The predicted molar refractivity (Wildman–Crippen MR) is 161 cm³/mol. The third-order valence-electron chi connectivity index (χ3n) is 8.16. The standard InChI is InChI=1S/C25H31N7O18P2/c26-19-15-21(29-9-28-19)32(10-30-15)23-18(37)25(39)24(49-23,47-13(33)3-4-14(34)48-25)8-45-52(42,43)50-51(40,41)44-7-12-16(35)17(36)22(46-12)31-5-1-2-11(6-31)20(27)38/h1,5-6,9-10,12,16-18,22-23,35-37,39H,2-4,7-8H2,(H2,27,38)(H,40,41)(H,42,43)(H2,26,28,29)/t12-,16-,17-,18-,22-,23-,24+,25+/m1/s1. The molecule has 0 saturated carbocycles. The van der Waals surface area contributed by atoms with Crippen LogP contribution in [-0.4, -0.2) is 128 Å². The second-order valence-corrected chi connectivity index (χ2v) is 14.7. The van der Waals surface area contributed by atoms with Crippen molar-refractivity contribution in [1.82, 2.24) is 24.4 Å². The monoisotopic (exact) mass is 779 g/mol. The van der Waals surface area contributed by atoms with Gasteiger partial charge in [-0.1, -0.05) is 6.08 Å². The number of hydrogen-bond donors (Lipinski definition) is 8. The zero-order valence-electron chi connectivity index (χ0n) is 26.3. The number of hydrogen-bond acceptors (Lipinski definition) is 21. The zero-order valence-corrected chi connectivity index (χ0v) is 28.0. The van der Waals surface area contributed by atoms with Gasteiger partial charge in [0.15, 0.2) is 30.0 Å². The van der Waals surface area contributed by atoms with Gasteiger partial charge in [0.2, 0.25) is 5.91 Å². The molecule has 10 N–H and O–H groups in total. The first-order valence-electron chi connectivity index (χ1n) is 14.9. The Labute approximate surface area is 290 Å². The highest BCUT2D eigenvalue weighted by molar-refractivity contribution is 7.61. The number of nitrogen functional groups attached to an aromatic ring is 1. The van der Waals surface area contributed by atoms with Gasteiger partial charge in [-0.05, 0) is 6.42 Å². The Kier molecular flexibility index (Phi) is 10.0. The lowest BCUT2D eigenvalue weighted by atomic mass is 10.0. The average Bonchev–Trinajstić information content (AvgIpc) is 3.69. The quantitative estimate of drug-likeness (QED) is 0.0824. The first-order valence-corrected chi connectivity index (χ1v) is 17.9. The number of aliphatic hydroxyl groups excluding tert-OH is 3. The number of rotatable bonds is 11. The van der Waals surface area contributed by atoms with Gasteiger partial charge in [-0.15, -0.1) is 0 Å². The molecule has 0 spiro atoms. The van der Waals surface area contributed by atoms with Gasteiger partial charge in [0.05, 0.1) is 25.8 Å². The number of nitrogens with zero attached hydrogens (tertiary/aromatic N) is 5. The number of phosphoric acid groups is 2. The molecule has 0 radical (unpaired) electrons. The number of anilines is 1. The van der Waals surface area contributed by atoms with Crippen molar-refractivity contribution in [3.63, 3.8) is 0 Å². The maximum Gasteiger partial charge on any atom is 0.481 e. The first-order chi connectivity index (χ1) is 24.4. The number of aromatic nitrogens is 4. The van der Waals surface area contributed by atoms with E-state index < -0.39 is 108 Å². The van der Waals surface area contributed by atoms with Crippen LogP contribution in [0.1, 0.15) is 25.5 Å². The molecule has 0 bridgehead atoms. The van der Waals surface area contributed by atoms with Crippen molar-refractivity contribution in [3.8, 4) is 0 Å². The lowest BCUT2D eigenvalue weighted by Gasteiger charge is -2.39. The van der Waals surface area contributed by atoms with E-state index in [2.05, 4.69) is 19.3 Å². The fraction of sp³-hybridized carbons (Fsp3) is 0.520. The van der Waals surface area contributed by atoms with Gasteiger partial charge in [0.25, 0.3) is 0 Å². The lowest BCUT2D eigenvalue weighted by molar-refractivity contribution is -0.361. The number of primary amides is 1. The molecule has 284 valence electrons. The van der Waals surface area contributed by atoms with E-state index >= 15 is 0 Å². The topological polar surface area (TPSA) is 370 Å². The molecule has 6 rings (SSSR count). The van der Waals surface area contributed by atoms with Gasteiger partial charge in [0.1, 0.15) is 36.8 Å². The number of nitrogens with two attached hydrogens (primary N) is 2. The molecule has 6 heterocycles. The van der Waals surface area contributed by atoms with Gasteiger partial charge >= 0.3 is 39.2 Å². The minimum absolute atomic E-state index is 0.00111. The van der Waals surface area contributed by atoms with Crippen LogP contribution in [0.5, 0.6) is 0 Å². The van der Waals surface area contributed by atoms with Gasteiger partial charge in [0, 0.05) is 18.0 Å². The number of aliphatic hydroxyl groups is 4. The number of amides is 1. The number of carbonyl (C=O) groups excluding carboxylic acids is 3. The van der Waals surface area contributed by atoms with Crippen LogP contribution in [0, 0.1) is 0 Å². The zero-order chi connectivity index (χ0) is 37.8. The van der Waals surface area contributed by atoms with Crippen molar-refractivity contribution < 1.29 is 86.0 Å². The molecule has 4 aliphatic heterocycles. The van der Waals surface area contributed by atoms with Gasteiger partial charge < -0.3 is 65.5 Å². The van der Waals surface area contributed by atoms with Gasteiger partial charge in [-0.2, -0.15) is 4.31 Å². The van der Waals surface area contributed by atoms with E-state index in [9.17, 15) is 53.7 Å². The number of ether oxygens (including phenoxy) is 4. The van der Waals surface area contributed by atoms with Gasteiger partial charge in [-0.3, -0.25) is 28.0 Å². The SMILES string of the molecule is NC(=O)C1=CN([C@@H]2O[C@H](COP(=O)(O)OP(=O)(O)OC[C@@]34OC(=O)CCC(=O)O[C@@]3(O)[C@H](O)[C@H](n3cnc5c(N)ncnc53)O4)[C@@H](O)[C@H]2O)C=CC1. The summed E-state index contributed by atoms with van der Waals surface area (Å²) in [6.45, 7) is -2.62. The van der Waals surface area contributed by atoms with E-state index in [-0.39, 0.29) is 29.0 Å². The number of esters is 2. The van der Waals surface area contributed by atoms with E-state index in [1.807, 2.05) is 0 Å². The summed E-state index contributed by atoms with van der Waals surface area (Å²) in [7, 11) is -11.5. The molecule has 2 unspecified atom stereocenters. The maximum absolute atomic E-state index is 12.9. The largest absolute Gasteiger partial charge is 0.481 e. The summed E-state index contributed by atoms with van der Waals surface area (Å²) in [6.07, 6.45) is -5.34. The van der Waals surface area contributed by atoms with Crippen molar-refractivity contribution in [2.45, 2.75) is 67.7 Å². The fourth-order valence-electron chi connectivity index (χ4n) is 5.62. The highest BCUT2D eigenvalue weighted by Gasteiger charge is 2.73. The molecule has 27 heteroatoms. The number of phosphoric ester groups is 2. The van der Waals surface area contributed by atoms with Gasteiger partial charge in [-0.25, -0.2) is 24.1 Å². The second kappa shape index (κ2) is 13.8. The van der Waals surface area contributed by atoms with Crippen LogP contribution in [0.4, 0.5) is 5.82 Å². The van der Waals surface area contributed by atoms with Crippen LogP contribution in [-0.2, 0) is 55.8 Å². The molecule has 2 aromatic rings. The Balaban J connectivity index is 1.17. The molecule has 3 saturated heterocycles. The highest BCUT2D eigenvalue weighted by Crippen LogP contribution is 2.61. The van der Waals surface area contributed by atoms with Crippen molar-refractivity contribution in [2.75, 3.05) is 18.9 Å². The number of fused-ring (bicyclic) bond motifs is 2. The number of allylic oxidation sites excluding steroid dienone is 1. The summed E-state index contributed by atoms with van der Waals surface area (Å²) in [6, 6.07) is 0. The Hall–Kier alpha value is -3.94. The molecule has 0 aliphatic carbocycles. The summed E-state index contributed by atoms with van der Waals surface area (Å²) >= 11 is 0. The Bertz CT molecular complexity index is 1930. The van der Waals surface area contributed by atoms with Crippen LogP contribution in [0.25, 0.3) is 11.2 Å². The van der Waals surface area contributed by atoms with Crippen LogP contribution >= 0.6 is 15.6 Å². The van der Waals surface area contributed by atoms with Crippen molar-refractivity contribution in [2.24, 2.45) is 5.73 Å². The average molecular weight is 780 g/mol. The first kappa shape index (κ1) is 37.8. The van der Waals surface area contributed by atoms with Crippen LogP contribution in [0.3, 0.4) is 0 Å². The molecule has 1 amide bonds. The molecule has 10 atom stereocenters. The maximum atomic E-state index is 12.9. The van der Waals surface area contributed by atoms with E-state index in [1.54, 1.807) is 0 Å².